The van der Waals surface area contributed by atoms with Crippen LogP contribution in [0.4, 0.5) is 11.4 Å². The third-order valence-electron chi connectivity index (χ3n) is 6.76. The van der Waals surface area contributed by atoms with Crippen LogP contribution in [0.15, 0.2) is 44.9 Å². The molecule has 2 aromatic heterocycles. The number of nitrogens with zero attached hydrogens (tertiary/aromatic N) is 5. The summed E-state index contributed by atoms with van der Waals surface area (Å²) in [4.78, 5) is 32.9. The lowest BCUT2D eigenvalue weighted by atomic mass is 10.1. The second-order valence-corrected chi connectivity index (χ2v) is 9.17. The SMILES string of the molecule is Cc1ccc(-n2[nH]c(C)c(C=Nc3cc4c(cc3N3CCOCC3)n(C)c(=O)n4C)c2=O)c(C)c1. The highest BCUT2D eigenvalue weighted by molar-refractivity contribution is 5.91. The van der Waals surface area contributed by atoms with Crippen LogP contribution in [0.3, 0.4) is 0 Å². The number of nitrogens with one attached hydrogen (secondary N) is 1. The summed E-state index contributed by atoms with van der Waals surface area (Å²) in [5, 5.41) is 3.19. The minimum Gasteiger partial charge on any atom is -0.378 e. The molecule has 9 heteroatoms. The number of ether oxygens (including phenoxy) is 1. The predicted molar refractivity (Wildman–Crippen MR) is 139 cm³/mol. The van der Waals surface area contributed by atoms with Crippen LogP contribution in [0, 0.1) is 20.8 Å². The van der Waals surface area contributed by atoms with E-state index in [1.54, 1.807) is 34.1 Å². The molecule has 0 unspecified atom stereocenters. The van der Waals surface area contributed by atoms with Crippen molar-refractivity contribution in [3.63, 3.8) is 0 Å². The van der Waals surface area contributed by atoms with Gasteiger partial charge in [-0.05, 0) is 44.5 Å². The number of aromatic amines is 1. The molecule has 3 heterocycles. The standard InChI is InChI=1S/C26H30N6O3/c1-16-6-7-21(17(2)12-16)32-25(33)19(18(3)28-32)15-27-20-13-23-24(30(5)26(34)29(23)4)14-22(20)31-8-10-35-11-9-31/h6-7,12-15,28H,8-11H2,1-5H3. The second kappa shape index (κ2) is 8.74. The molecule has 0 bridgehead atoms. The fraction of sp³-hybridized carbons (Fsp3) is 0.346. The first-order chi connectivity index (χ1) is 16.8. The van der Waals surface area contributed by atoms with Gasteiger partial charge < -0.3 is 9.64 Å². The number of aliphatic imine (C=N–C) groups is 1. The molecular weight excluding hydrogens is 444 g/mol. The summed E-state index contributed by atoms with van der Waals surface area (Å²) >= 11 is 0. The minimum atomic E-state index is -0.153. The highest BCUT2D eigenvalue weighted by Gasteiger charge is 2.19. The smallest absolute Gasteiger partial charge is 0.328 e. The first-order valence-electron chi connectivity index (χ1n) is 11.7. The summed E-state index contributed by atoms with van der Waals surface area (Å²) in [6, 6.07) is 9.92. The van der Waals surface area contributed by atoms with E-state index < -0.39 is 0 Å². The Morgan fingerprint density at radius 2 is 1.63 bits per heavy atom. The van der Waals surface area contributed by atoms with E-state index in [2.05, 4.69) is 16.1 Å². The van der Waals surface area contributed by atoms with Gasteiger partial charge in [0.25, 0.3) is 5.56 Å². The molecular formula is C26H30N6O3. The summed E-state index contributed by atoms with van der Waals surface area (Å²) in [5.41, 5.74) is 7.23. The number of anilines is 1. The van der Waals surface area contributed by atoms with Gasteiger partial charge in [0, 0.05) is 39.1 Å². The van der Waals surface area contributed by atoms with Crippen LogP contribution in [0.2, 0.25) is 0 Å². The molecule has 182 valence electrons. The van der Waals surface area contributed by atoms with Gasteiger partial charge in [-0.3, -0.25) is 24.0 Å². The van der Waals surface area contributed by atoms with Crippen LogP contribution in [-0.4, -0.2) is 51.4 Å². The number of morpholine rings is 1. The van der Waals surface area contributed by atoms with Crippen molar-refractivity contribution in [2.24, 2.45) is 19.1 Å². The normalized spacial score (nSPS) is 14.5. The zero-order valence-electron chi connectivity index (χ0n) is 20.8. The van der Waals surface area contributed by atoms with E-state index in [1.165, 1.54) is 0 Å². The second-order valence-electron chi connectivity index (χ2n) is 9.17. The van der Waals surface area contributed by atoms with Crippen molar-refractivity contribution < 1.29 is 4.74 Å². The average Bonchev–Trinajstić information content (AvgIpc) is 3.24. The Kier molecular flexibility index (Phi) is 5.72. The Hall–Kier alpha value is -3.85. The zero-order valence-corrected chi connectivity index (χ0v) is 20.8. The largest absolute Gasteiger partial charge is 0.378 e. The topological polar surface area (TPSA) is 89.5 Å². The van der Waals surface area contributed by atoms with Crippen molar-refractivity contribution in [3.8, 4) is 5.69 Å². The Labute approximate surface area is 202 Å². The van der Waals surface area contributed by atoms with E-state index in [-0.39, 0.29) is 11.2 Å². The van der Waals surface area contributed by atoms with Gasteiger partial charge in [-0.1, -0.05) is 17.7 Å². The van der Waals surface area contributed by atoms with Crippen LogP contribution in [0.5, 0.6) is 0 Å². The zero-order chi connectivity index (χ0) is 24.9. The summed E-state index contributed by atoms with van der Waals surface area (Å²) in [5.74, 6) is 0. The van der Waals surface area contributed by atoms with E-state index >= 15 is 0 Å². The molecule has 0 atom stereocenters. The number of hydrogen-bond donors (Lipinski definition) is 1. The van der Waals surface area contributed by atoms with Gasteiger partial charge in [-0.2, -0.15) is 0 Å². The molecule has 0 radical (unpaired) electrons. The fourth-order valence-electron chi connectivity index (χ4n) is 4.76. The maximum absolute atomic E-state index is 13.3. The maximum atomic E-state index is 13.3. The summed E-state index contributed by atoms with van der Waals surface area (Å²) < 4.78 is 10.4. The number of benzene rings is 2. The van der Waals surface area contributed by atoms with E-state index in [9.17, 15) is 9.59 Å². The van der Waals surface area contributed by atoms with Crippen LogP contribution >= 0.6 is 0 Å². The van der Waals surface area contributed by atoms with Crippen molar-refractivity contribution in [2.45, 2.75) is 20.8 Å². The molecule has 0 aliphatic carbocycles. The van der Waals surface area contributed by atoms with E-state index in [0.29, 0.717) is 24.5 Å². The number of aromatic nitrogens is 4. The average molecular weight is 475 g/mol. The number of H-pyrrole nitrogens is 1. The first-order valence-corrected chi connectivity index (χ1v) is 11.7. The molecule has 1 saturated heterocycles. The summed E-state index contributed by atoms with van der Waals surface area (Å²) in [6.07, 6.45) is 1.63. The van der Waals surface area contributed by atoms with Gasteiger partial charge in [-0.15, -0.1) is 0 Å². The summed E-state index contributed by atoms with van der Waals surface area (Å²) in [7, 11) is 3.53. The number of hydrogen-bond acceptors (Lipinski definition) is 5. The molecule has 2 aromatic carbocycles. The molecule has 4 aromatic rings. The molecule has 5 rings (SSSR count). The third-order valence-corrected chi connectivity index (χ3v) is 6.76. The quantitative estimate of drug-likeness (QED) is 0.461. The predicted octanol–water partition coefficient (Wildman–Crippen LogP) is 2.87. The van der Waals surface area contributed by atoms with Crippen LogP contribution in [-0.2, 0) is 18.8 Å². The molecule has 0 spiro atoms. The number of rotatable bonds is 4. The molecule has 1 aliphatic heterocycles. The Balaban J connectivity index is 1.62. The van der Waals surface area contributed by atoms with Crippen LogP contribution in [0.1, 0.15) is 22.4 Å². The molecule has 0 saturated carbocycles. The molecule has 0 amide bonds. The van der Waals surface area contributed by atoms with Crippen molar-refractivity contribution >= 4 is 28.6 Å². The monoisotopic (exact) mass is 474 g/mol. The van der Waals surface area contributed by atoms with E-state index in [0.717, 1.165) is 52.3 Å². The van der Waals surface area contributed by atoms with Gasteiger partial charge in [0.05, 0.1) is 46.9 Å². The lowest BCUT2D eigenvalue weighted by Gasteiger charge is -2.30. The molecule has 9 nitrogen and oxygen atoms in total. The number of fused-ring (bicyclic) bond motifs is 1. The Morgan fingerprint density at radius 1 is 0.943 bits per heavy atom. The third kappa shape index (κ3) is 3.91. The molecule has 1 fully saturated rings. The van der Waals surface area contributed by atoms with Crippen molar-refractivity contribution in [3.05, 3.63) is 73.6 Å². The Bertz CT molecular complexity index is 1580. The molecule has 1 N–H and O–H groups in total. The van der Waals surface area contributed by atoms with Gasteiger partial charge in [0.2, 0.25) is 0 Å². The number of imidazole rings is 1. The molecule has 1 aliphatic rings. The van der Waals surface area contributed by atoms with Crippen molar-refractivity contribution in [2.75, 3.05) is 31.2 Å². The first kappa shape index (κ1) is 22.9. The van der Waals surface area contributed by atoms with E-state index in [4.69, 9.17) is 9.73 Å². The van der Waals surface area contributed by atoms with Crippen molar-refractivity contribution in [1.29, 1.82) is 0 Å². The summed E-state index contributed by atoms with van der Waals surface area (Å²) in [6.45, 7) is 8.62. The lowest BCUT2D eigenvalue weighted by Crippen LogP contribution is -2.36. The van der Waals surface area contributed by atoms with Crippen molar-refractivity contribution in [1.82, 2.24) is 18.9 Å². The molecule has 35 heavy (non-hydrogen) atoms. The minimum absolute atomic E-state index is 0.0908. The highest BCUT2D eigenvalue weighted by Crippen LogP contribution is 2.33. The van der Waals surface area contributed by atoms with Gasteiger partial charge in [0.15, 0.2) is 0 Å². The van der Waals surface area contributed by atoms with Crippen LogP contribution in [0.25, 0.3) is 16.7 Å². The number of aryl methyl sites for hydroxylation is 5. The Morgan fingerprint density at radius 3 is 2.31 bits per heavy atom. The fourth-order valence-corrected chi connectivity index (χ4v) is 4.76. The van der Waals surface area contributed by atoms with Gasteiger partial charge in [-0.25, -0.2) is 9.48 Å². The lowest BCUT2D eigenvalue weighted by molar-refractivity contribution is 0.123. The highest BCUT2D eigenvalue weighted by atomic mass is 16.5. The van der Waals surface area contributed by atoms with Gasteiger partial charge in [0.1, 0.15) is 0 Å². The maximum Gasteiger partial charge on any atom is 0.328 e. The van der Waals surface area contributed by atoms with Gasteiger partial charge >= 0.3 is 5.69 Å². The van der Waals surface area contributed by atoms with Crippen LogP contribution < -0.4 is 16.1 Å². The van der Waals surface area contributed by atoms with E-state index in [1.807, 2.05) is 45.0 Å².